The van der Waals surface area contributed by atoms with Gasteiger partial charge in [0.05, 0.1) is 21.8 Å². The van der Waals surface area contributed by atoms with Gasteiger partial charge in [-0.25, -0.2) is 4.98 Å². The van der Waals surface area contributed by atoms with Gasteiger partial charge in [0.15, 0.2) is 11.5 Å². The Labute approximate surface area is 165 Å². The zero-order valence-electron chi connectivity index (χ0n) is 14.6. The molecule has 0 amide bonds. The van der Waals surface area contributed by atoms with Crippen LogP contribution in [0.2, 0.25) is 5.02 Å². The largest absolute Gasteiger partial charge is 0.503 e. The monoisotopic (exact) mass is 403 g/mol. The SMILES string of the molecule is CCOc1cc(C=C(CCC(=O)O)c2nc3ccccc3s2)cc(Cl)c1O. The van der Waals surface area contributed by atoms with Gasteiger partial charge < -0.3 is 14.9 Å². The molecule has 0 aliphatic rings. The van der Waals surface area contributed by atoms with Crippen molar-refractivity contribution in [1.29, 1.82) is 0 Å². The van der Waals surface area contributed by atoms with Gasteiger partial charge in [-0.1, -0.05) is 23.7 Å². The fourth-order valence-corrected chi connectivity index (χ4v) is 3.86. The minimum Gasteiger partial charge on any atom is -0.503 e. The number of rotatable bonds is 7. The molecular weight excluding hydrogens is 386 g/mol. The van der Waals surface area contributed by atoms with Crippen LogP contribution in [0.5, 0.6) is 11.5 Å². The molecule has 0 fully saturated rings. The molecule has 2 N–H and O–H groups in total. The third-order valence-corrected chi connectivity index (χ3v) is 5.27. The van der Waals surface area contributed by atoms with Gasteiger partial charge in [-0.15, -0.1) is 11.3 Å². The number of hydrogen-bond donors (Lipinski definition) is 2. The van der Waals surface area contributed by atoms with Crippen molar-refractivity contribution in [2.45, 2.75) is 19.8 Å². The molecule has 0 aliphatic heterocycles. The normalized spacial score (nSPS) is 11.7. The molecule has 0 unspecified atom stereocenters. The maximum atomic E-state index is 11.1. The molecule has 0 aliphatic carbocycles. The summed E-state index contributed by atoms with van der Waals surface area (Å²) in [5, 5.41) is 20.0. The number of aromatic nitrogens is 1. The van der Waals surface area contributed by atoms with E-state index >= 15 is 0 Å². The Bertz CT molecular complexity index is 979. The number of phenolic OH excluding ortho intramolecular Hbond substituents is 1. The Balaban J connectivity index is 2.05. The molecule has 0 spiro atoms. The van der Waals surface area contributed by atoms with Crippen molar-refractivity contribution < 1.29 is 19.7 Å². The second kappa shape index (κ2) is 8.41. The van der Waals surface area contributed by atoms with Gasteiger partial charge in [0, 0.05) is 6.42 Å². The number of aromatic hydroxyl groups is 1. The lowest BCUT2D eigenvalue weighted by molar-refractivity contribution is -0.136. The highest BCUT2D eigenvalue weighted by molar-refractivity contribution is 7.19. The molecule has 2 aromatic carbocycles. The van der Waals surface area contributed by atoms with Crippen LogP contribution in [-0.4, -0.2) is 27.8 Å². The molecular formula is C20H18ClNO4S. The van der Waals surface area contributed by atoms with Crippen LogP contribution in [0, 0.1) is 0 Å². The molecule has 140 valence electrons. The van der Waals surface area contributed by atoms with Gasteiger partial charge in [0.2, 0.25) is 0 Å². The average molecular weight is 404 g/mol. The van der Waals surface area contributed by atoms with Crippen molar-refractivity contribution in [1.82, 2.24) is 4.98 Å². The molecule has 3 rings (SSSR count). The predicted molar refractivity (Wildman–Crippen MR) is 109 cm³/mol. The van der Waals surface area contributed by atoms with Gasteiger partial charge in [0.25, 0.3) is 0 Å². The van der Waals surface area contributed by atoms with Crippen molar-refractivity contribution in [2.75, 3.05) is 6.61 Å². The highest BCUT2D eigenvalue weighted by Crippen LogP contribution is 2.37. The van der Waals surface area contributed by atoms with Gasteiger partial charge in [-0.2, -0.15) is 0 Å². The van der Waals surface area contributed by atoms with Crippen LogP contribution in [0.4, 0.5) is 0 Å². The Morgan fingerprint density at radius 3 is 2.78 bits per heavy atom. The molecule has 1 heterocycles. The molecule has 7 heteroatoms. The number of allylic oxidation sites excluding steroid dienone is 1. The molecule has 0 atom stereocenters. The lowest BCUT2D eigenvalue weighted by atomic mass is 10.1. The standard InChI is InChI=1S/C20H18ClNO4S/c1-2-26-16-11-12(10-14(21)19(16)25)9-13(7-8-18(23)24)20-22-15-5-3-4-6-17(15)27-20/h3-6,9-11,25H,2,7-8H2,1H3,(H,23,24). The number of carboxylic acid groups (broad SMARTS) is 1. The van der Waals surface area contributed by atoms with Gasteiger partial charge in [0.1, 0.15) is 5.01 Å². The first-order valence-corrected chi connectivity index (χ1v) is 9.61. The van der Waals surface area contributed by atoms with E-state index in [1.807, 2.05) is 37.3 Å². The Kier molecular flexibility index (Phi) is 5.98. The fourth-order valence-electron chi connectivity index (χ4n) is 2.64. The van der Waals surface area contributed by atoms with Crippen molar-refractivity contribution in [3.63, 3.8) is 0 Å². The Hall–Kier alpha value is -2.57. The van der Waals surface area contributed by atoms with Crippen LogP contribution in [0.25, 0.3) is 21.9 Å². The summed E-state index contributed by atoms with van der Waals surface area (Å²) < 4.78 is 6.46. The number of nitrogens with zero attached hydrogens (tertiary/aromatic N) is 1. The summed E-state index contributed by atoms with van der Waals surface area (Å²) >= 11 is 7.62. The molecule has 0 saturated heterocycles. The third-order valence-electron chi connectivity index (χ3n) is 3.87. The second-order valence-electron chi connectivity index (χ2n) is 5.83. The number of ether oxygens (including phenoxy) is 1. The average Bonchev–Trinajstić information content (AvgIpc) is 3.06. The third kappa shape index (κ3) is 4.59. The number of halogens is 1. The highest BCUT2D eigenvalue weighted by Gasteiger charge is 2.13. The number of carboxylic acids is 1. The van der Waals surface area contributed by atoms with E-state index in [9.17, 15) is 9.90 Å². The fraction of sp³-hybridized carbons (Fsp3) is 0.200. The summed E-state index contributed by atoms with van der Waals surface area (Å²) in [4.78, 5) is 15.7. The zero-order valence-corrected chi connectivity index (χ0v) is 16.2. The smallest absolute Gasteiger partial charge is 0.303 e. The molecule has 27 heavy (non-hydrogen) atoms. The van der Waals surface area contributed by atoms with Crippen molar-refractivity contribution >= 4 is 50.8 Å². The van der Waals surface area contributed by atoms with Crippen LogP contribution in [0.15, 0.2) is 36.4 Å². The summed E-state index contributed by atoms with van der Waals surface area (Å²) in [6, 6.07) is 11.1. The summed E-state index contributed by atoms with van der Waals surface area (Å²) in [6.07, 6.45) is 2.16. The minimum atomic E-state index is -0.874. The van der Waals surface area contributed by atoms with Gasteiger partial charge in [-0.05, 0) is 54.8 Å². The number of aliphatic carboxylic acids is 1. The van der Waals surface area contributed by atoms with E-state index < -0.39 is 5.97 Å². The van der Waals surface area contributed by atoms with Crippen molar-refractivity contribution in [3.8, 4) is 11.5 Å². The number of carbonyl (C=O) groups is 1. The lowest BCUT2D eigenvalue weighted by Gasteiger charge is -2.09. The molecule has 3 aromatic rings. The Morgan fingerprint density at radius 1 is 1.30 bits per heavy atom. The van der Waals surface area contributed by atoms with E-state index in [2.05, 4.69) is 4.98 Å². The van der Waals surface area contributed by atoms with E-state index in [4.69, 9.17) is 21.4 Å². The first-order valence-electron chi connectivity index (χ1n) is 8.41. The molecule has 5 nitrogen and oxygen atoms in total. The summed E-state index contributed by atoms with van der Waals surface area (Å²) in [7, 11) is 0. The van der Waals surface area contributed by atoms with E-state index in [0.29, 0.717) is 18.6 Å². The van der Waals surface area contributed by atoms with E-state index in [0.717, 1.165) is 20.8 Å². The van der Waals surface area contributed by atoms with Crippen LogP contribution in [0.3, 0.4) is 0 Å². The van der Waals surface area contributed by atoms with Crippen molar-refractivity contribution in [2.24, 2.45) is 0 Å². The van der Waals surface area contributed by atoms with Crippen LogP contribution in [-0.2, 0) is 4.79 Å². The van der Waals surface area contributed by atoms with Gasteiger partial charge >= 0.3 is 5.97 Å². The predicted octanol–water partition coefficient (Wildman–Crippen LogP) is 5.46. The first kappa shape index (κ1) is 19.2. The zero-order chi connectivity index (χ0) is 19.4. The number of benzene rings is 2. The summed E-state index contributed by atoms with van der Waals surface area (Å²) in [5.41, 5.74) is 2.38. The number of hydrogen-bond acceptors (Lipinski definition) is 5. The molecule has 1 aromatic heterocycles. The lowest BCUT2D eigenvalue weighted by Crippen LogP contribution is -1.96. The summed E-state index contributed by atoms with van der Waals surface area (Å²) in [6.45, 7) is 2.20. The van der Waals surface area contributed by atoms with E-state index in [-0.39, 0.29) is 22.9 Å². The van der Waals surface area contributed by atoms with Crippen LogP contribution >= 0.6 is 22.9 Å². The quantitative estimate of drug-likeness (QED) is 0.547. The highest BCUT2D eigenvalue weighted by atomic mass is 35.5. The van der Waals surface area contributed by atoms with E-state index in [1.54, 1.807) is 12.1 Å². The maximum Gasteiger partial charge on any atom is 0.303 e. The van der Waals surface area contributed by atoms with Crippen LogP contribution < -0.4 is 4.74 Å². The number of phenols is 1. The molecule has 0 radical (unpaired) electrons. The number of thiazole rings is 1. The molecule has 0 saturated carbocycles. The minimum absolute atomic E-state index is 0.00804. The first-order chi connectivity index (χ1) is 13.0. The Morgan fingerprint density at radius 2 is 2.07 bits per heavy atom. The maximum absolute atomic E-state index is 11.1. The molecule has 0 bridgehead atoms. The second-order valence-corrected chi connectivity index (χ2v) is 7.27. The number of fused-ring (bicyclic) bond motifs is 1. The van der Waals surface area contributed by atoms with E-state index in [1.165, 1.54) is 11.3 Å². The van der Waals surface area contributed by atoms with Gasteiger partial charge in [-0.3, -0.25) is 4.79 Å². The topological polar surface area (TPSA) is 79.7 Å². The summed E-state index contributed by atoms with van der Waals surface area (Å²) in [5.74, 6) is -0.693. The van der Waals surface area contributed by atoms with Crippen LogP contribution in [0.1, 0.15) is 30.3 Å². The van der Waals surface area contributed by atoms with Crippen molar-refractivity contribution in [3.05, 3.63) is 52.0 Å². The number of para-hydroxylation sites is 1.